The summed E-state index contributed by atoms with van der Waals surface area (Å²) in [5.41, 5.74) is 2.43. The minimum Gasteiger partial charge on any atom is -0.467 e. The zero-order chi connectivity index (χ0) is 9.38. The highest BCUT2D eigenvalue weighted by Gasteiger charge is 2.24. The predicted molar refractivity (Wildman–Crippen MR) is 50.8 cm³/mol. The van der Waals surface area contributed by atoms with Gasteiger partial charge in [0.05, 0.1) is 18.5 Å². The Kier molecular flexibility index (Phi) is 1.67. The molecule has 0 fully saturated rings. The third kappa shape index (κ3) is 1.08. The Balaban J connectivity index is 2.04. The van der Waals surface area contributed by atoms with Gasteiger partial charge in [-0.25, -0.2) is 0 Å². The molecule has 4 nitrogen and oxygen atoms in total. The molecule has 3 heterocycles. The number of hydrogen-bond donors (Lipinski definition) is 2. The van der Waals surface area contributed by atoms with Crippen molar-refractivity contribution < 1.29 is 4.42 Å². The van der Waals surface area contributed by atoms with Crippen molar-refractivity contribution in [2.24, 2.45) is 0 Å². The molecule has 0 aromatic carbocycles. The van der Waals surface area contributed by atoms with E-state index in [0.29, 0.717) is 0 Å². The van der Waals surface area contributed by atoms with Crippen LogP contribution in [0.1, 0.15) is 22.9 Å². The second-order valence-electron chi connectivity index (χ2n) is 3.48. The van der Waals surface area contributed by atoms with Gasteiger partial charge in [0.15, 0.2) is 0 Å². The molecule has 0 saturated heterocycles. The Bertz CT molecular complexity index is 418. The molecule has 0 bridgehead atoms. The van der Waals surface area contributed by atoms with Crippen LogP contribution < -0.4 is 5.32 Å². The van der Waals surface area contributed by atoms with Gasteiger partial charge in [-0.1, -0.05) is 0 Å². The third-order valence-corrected chi connectivity index (χ3v) is 2.64. The van der Waals surface area contributed by atoms with Gasteiger partial charge in [-0.15, -0.1) is 0 Å². The van der Waals surface area contributed by atoms with Gasteiger partial charge >= 0.3 is 0 Å². The standard InChI is InChI=1S/C10H11N3O/c1-3-11-9(8-5-12-13-6-8)10-7(1)2-4-14-10/h2,4-6,9,11H,1,3H2,(H,12,13). The van der Waals surface area contributed by atoms with Crippen molar-refractivity contribution in [3.05, 3.63) is 41.6 Å². The molecule has 0 spiro atoms. The van der Waals surface area contributed by atoms with Crippen molar-refractivity contribution in [3.63, 3.8) is 0 Å². The third-order valence-electron chi connectivity index (χ3n) is 2.64. The highest BCUT2D eigenvalue weighted by Crippen LogP contribution is 2.28. The number of furan rings is 1. The number of nitrogens with one attached hydrogen (secondary N) is 2. The molecule has 14 heavy (non-hydrogen) atoms. The summed E-state index contributed by atoms with van der Waals surface area (Å²) in [6.45, 7) is 0.988. The van der Waals surface area contributed by atoms with E-state index in [9.17, 15) is 0 Å². The Hall–Kier alpha value is -1.55. The van der Waals surface area contributed by atoms with Gasteiger partial charge in [-0.05, 0) is 18.1 Å². The maximum atomic E-state index is 5.49. The number of nitrogens with zero attached hydrogens (tertiary/aromatic N) is 1. The smallest absolute Gasteiger partial charge is 0.128 e. The minimum atomic E-state index is 0.160. The van der Waals surface area contributed by atoms with Crippen LogP contribution >= 0.6 is 0 Å². The molecule has 2 aromatic heterocycles. The van der Waals surface area contributed by atoms with Crippen LogP contribution in [0.3, 0.4) is 0 Å². The highest BCUT2D eigenvalue weighted by atomic mass is 16.3. The molecule has 2 N–H and O–H groups in total. The average molecular weight is 189 g/mol. The Morgan fingerprint density at radius 1 is 1.50 bits per heavy atom. The summed E-state index contributed by atoms with van der Waals surface area (Å²) >= 11 is 0. The van der Waals surface area contributed by atoms with Gasteiger partial charge < -0.3 is 9.73 Å². The van der Waals surface area contributed by atoms with E-state index >= 15 is 0 Å². The van der Waals surface area contributed by atoms with E-state index in [1.807, 2.05) is 18.5 Å². The zero-order valence-electron chi connectivity index (χ0n) is 7.66. The van der Waals surface area contributed by atoms with Crippen LogP contribution in [-0.2, 0) is 6.42 Å². The van der Waals surface area contributed by atoms with Crippen LogP contribution in [0.4, 0.5) is 0 Å². The first kappa shape index (κ1) is 7.82. The summed E-state index contributed by atoms with van der Waals surface area (Å²) in [5, 5.41) is 10.2. The van der Waals surface area contributed by atoms with E-state index in [4.69, 9.17) is 4.42 Å². The van der Waals surface area contributed by atoms with Gasteiger partial charge in [0.25, 0.3) is 0 Å². The molecule has 0 radical (unpaired) electrons. The number of hydrogen-bond acceptors (Lipinski definition) is 3. The molecule has 1 unspecified atom stereocenters. The first-order valence-electron chi connectivity index (χ1n) is 4.73. The van der Waals surface area contributed by atoms with Crippen molar-refractivity contribution in [3.8, 4) is 0 Å². The van der Waals surface area contributed by atoms with Crippen LogP contribution in [0.25, 0.3) is 0 Å². The Morgan fingerprint density at radius 2 is 2.50 bits per heavy atom. The fourth-order valence-corrected chi connectivity index (χ4v) is 1.94. The first-order chi connectivity index (χ1) is 6.95. The topological polar surface area (TPSA) is 53.9 Å². The van der Waals surface area contributed by atoms with Crippen LogP contribution in [0.15, 0.2) is 29.1 Å². The molecule has 72 valence electrons. The average Bonchev–Trinajstić information content (AvgIpc) is 2.88. The number of rotatable bonds is 1. The lowest BCUT2D eigenvalue weighted by atomic mass is 9.99. The summed E-state index contributed by atoms with van der Waals surface area (Å²) in [6.07, 6.45) is 6.52. The SMILES string of the molecule is c1cc2c(o1)C(c1cn[nH]c1)NCC2. The first-order valence-corrected chi connectivity index (χ1v) is 4.73. The van der Waals surface area contributed by atoms with Crippen LogP contribution in [0.2, 0.25) is 0 Å². The summed E-state index contributed by atoms with van der Waals surface area (Å²) in [6, 6.07) is 2.20. The quantitative estimate of drug-likeness (QED) is 0.709. The normalized spacial score (nSPS) is 20.7. The largest absolute Gasteiger partial charge is 0.467 e. The van der Waals surface area contributed by atoms with Crippen LogP contribution in [0.5, 0.6) is 0 Å². The van der Waals surface area contributed by atoms with Crippen molar-refractivity contribution in [2.45, 2.75) is 12.5 Å². The number of aromatic amines is 1. The summed E-state index contributed by atoms with van der Waals surface area (Å²) in [4.78, 5) is 0. The van der Waals surface area contributed by atoms with E-state index in [2.05, 4.69) is 15.5 Å². The summed E-state index contributed by atoms with van der Waals surface area (Å²) < 4.78 is 5.49. The maximum absolute atomic E-state index is 5.49. The molecule has 0 amide bonds. The Labute approximate surface area is 81.3 Å². The summed E-state index contributed by atoms with van der Waals surface area (Å²) in [7, 11) is 0. The van der Waals surface area contributed by atoms with E-state index in [1.165, 1.54) is 5.56 Å². The van der Waals surface area contributed by atoms with E-state index < -0.39 is 0 Å². The lowest BCUT2D eigenvalue weighted by Gasteiger charge is -2.21. The van der Waals surface area contributed by atoms with E-state index in [-0.39, 0.29) is 6.04 Å². The molecular formula is C10H11N3O. The van der Waals surface area contributed by atoms with Crippen LogP contribution in [0, 0.1) is 0 Å². The molecule has 3 rings (SSSR count). The Morgan fingerprint density at radius 3 is 3.36 bits per heavy atom. The van der Waals surface area contributed by atoms with Crippen molar-refractivity contribution in [1.29, 1.82) is 0 Å². The predicted octanol–water partition coefficient (Wildman–Crippen LogP) is 1.24. The highest BCUT2D eigenvalue weighted by molar-refractivity contribution is 5.31. The van der Waals surface area contributed by atoms with Gasteiger partial charge in [0.2, 0.25) is 0 Å². The molecule has 4 heteroatoms. The van der Waals surface area contributed by atoms with E-state index in [0.717, 1.165) is 24.3 Å². The second kappa shape index (κ2) is 2.99. The molecule has 1 atom stereocenters. The molecule has 0 aliphatic carbocycles. The molecule has 1 aliphatic rings. The van der Waals surface area contributed by atoms with E-state index in [1.54, 1.807) is 6.26 Å². The number of H-pyrrole nitrogens is 1. The molecular weight excluding hydrogens is 178 g/mol. The lowest BCUT2D eigenvalue weighted by molar-refractivity contribution is 0.425. The van der Waals surface area contributed by atoms with Crippen molar-refractivity contribution in [2.75, 3.05) is 6.54 Å². The monoisotopic (exact) mass is 189 g/mol. The van der Waals surface area contributed by atoms with Crippen molar-refractivity contribution in [1.82, 2.24) is 15.5 Å². The maximum Gasteiger partial charge on any atom is 0.128 e. The van der Waals surface area contributed by atoms with Gasteiger partial charge in [-0.2, -0.15) is 5.10 Å². The zero-order valence-corrected chi connectivity index (χ0v) is 7.66. The minimum absolute atomic E-state index is 0.160. The molecule has 1 aliphatic heterocycles. The fraction of sp³-hybridized carbons (Fsp3) is 0.300. The van der Waals surface area contributed by atoms with Crippen LogP contribution in [-0.4, -0.2) is 16.7 Å². The van der Waals surface area contributed by atoms with Gasteiger partial charge in [0, 0.05) is 18.3 Å². The number of fused-ring (bicyclic) bond motifs is 1. The lowest BCUT2D eigenvalue weighted by Crippen LogP contribution is -2.29. The molecule has 2 aromatic rings. The fourth-order valence-electron chi connectivity index (χ4n) is 1.94. The number of aromatic nitrogens is 2. The van der Waals surface area contributed by atoms with Gasteiger partial charge in [-0.3, -0.25) is 5.10 Å². The molecule has 0 saturated carbocycles. The van der Waals surface area contributed by atoms with Crippen molar-refractivity contribution >= 4 is 0 Å². The van der Waals surface area contributed by atoms with Gasteiger partial charge in [0.1, 0.15) is 5.76 Å². The summed E-state index contributed by atoms with van der Waals surface area (Å²) in [5.74, 6) is 1.03. The second-order valence-corrected chi connectivity index (χ2v) is 3.48.